The molecule has 0 bridgehead atoms. The smallest absolute Gasteiger partial charge is 0.203 e. The van der Waals surface area contributed by atoms with Crippen LogP contribution < -0.4 is 0 Å². The predicted molar refractivity (Wildman–Crippen MR) is 103 cm³/mol. The summed E-state index contributed by atoms with van der Waals surface area (Å²) in [6, 6.07) is 0. The van der Waals surface area contributed by atoms with E-state index in [1.54, 1.807) is 13.2 Å². The zero-order valence-electron chi connectivity index (χ0n) is 18.0. The molecule has 2 saturated carbocycles. The largest absolute Gasteiger partial charge is 0.493 e. The van der Waals surface area contributed by atoms with Crippen LogP contribution in [0.5, 0.6) is 0 Å². The van der Waals surface area contributed by atoms with Crippen LogP contribution in [0.1, 0.15) is 34.1 Å². The average molecular weight is 411 g/mol. The van der Waals surface area contributed by atoms with Gasteiger partial charge in [0.15, 0.2) is 12.0 Å². The maximum atomic E-state index is 13.7. The number of hydrogen-bond donors (Lipinski definition) is 3. The number of Topliss-reactive ketones (excluding diaryl/α,β-unsaturated/α-hetero) is 1. The molecule has 0 aromatic carbocycles. The molecule has 4 rings (SSSR count). The number of carbonyl (C=O) groups is 1. The molecule has 0 spiro atoms. The van der Waals surface area contributed by atoms with Crippen LogP contribution in [-0.2, 0) is 19.0 Å². The maximum Gasteiger partial charge on any atom is 0.203 e. The Balaban J connectivity index is 1.96. The lowest BCUT2D eigenvalue weighted by atomic mass is 9.37. The lowest BCUT2D eigenvalue weighted by Gasteiger charge is -2.70. The second-order valence-corrected chi connectivity index (χ2v) is 9.97. The number of fused-ring (bicyclic) bond motifs is 2. The second-order valence-electron chi connectivity index (χ2n) is 9.97. The molecule has 3 fully saturated rings. The van der Waals surface area contributed by atoms with Gasteiger partial charge in [-0.1, -0.05) is 27.7 Å². The molecule has 29 heavy (non-hydrogen) atoms. The molecule has 3 aliphatic carbocycles. The zero-order chi connectivity index (χ0) is 21.5. The van der Waals surface area contributed by atoms with Crippen molar-refractivity contribution in [2.24, 2.45) is 40.4 Å². The normalized spacial score (nSPS) is 56.9. The van der Waals surface area contributed by atoms with E-state index in [-0.39, 0.29) is 29.3 Å². The van der Waals surface area contributed by atoms with Crippen LogP contribution in [0.25, 0.3) is 0 Å². The van der Waals surface area contributed by atoms with Gasteiger partial charge in [-0.15, -0.1) is 0 Å². The van der Waals surface area contributed by atoms with Crippen molar-refractivity contribution < 1.29 is 34.3 Å². The van der Waals surface area contributed by atoms with E-state index in [9.17, 15) is 20.1 Å². The number of aliphatic hydroxyl groups excluding tert-OH is 3. The molecule has 7 heteroatoms. The van der Waals surface area contributed by atoms with Gasteiger partial charge in [0.1, 0.15) is 0 Å². The van der Waals surface area contributed by atoms with Gasteiger partial charge in [0, 0.05) is 36.2 Å². The molecule has 1 aliphatic heterocycles. The number of ketones is 1. The Kier molecular flexibility index (Phi) is 4.95. The molecule has 3 N–H and O–H groups in total. The van der Waals surface area contributed by atoms with Crippen molar-refractivity contribution in [2.45, 2.75) is 64.8 Å². The van der Waals surface area contributed by atoms with Gasteiger partial charge in [-0.25, -0.2) is 0 Å². The topological polar surface area (TPSA) is 105 Å². The van der Waals surface area contributed by atoms with Crippen LogP contribution in [0, 0.1) is 40.4 Å². The minimum Gasteiger partial charge on any atom is -0.493 e. The molecule has 0 radical (unpaired) electrons. The standard InChI is InChI=1S/C22H34O7/c1-9-7-12(27-5)19(26)22(4)14(9)15(24)20-21(3)11(8-13(23)29-20)10(2)17(28-6)16(25)18(21)22/h7,9-11,13-18,20,23-25H,8H2,1-6H3/t9-,10-,11+,13+,14+,15-,16-,17+,18-,20-,21+,22+/m1/s1. The molecule has 0 aromatic rings. The molecule has 4 aliphatic rings. The monoisotopic (exact) mass is 410 g/mol. The fourth-order valence-corrected chi connectivity index (χ4v) is 7.89. The lowest BCUT2D eigenvalue weighted by Crippen LogP contribution is -2.77. The van der Waals surface area contributed by atoms with Gasteiger partial charge in [0.2, 0.25) is 5.78 Å². The van der Waals surface area contributed by atoms with Crippen LogP contribution >= 0.6 is 0 Å². The number of allylic oxidation sites excluding steroid dienone is 2. The Morgan fingerprint density at radius 3 is 2.38 bits per heavy atom. The Morgan fingerprint density at radius 1 is 1.14 bits per heavy atom. The molecule has 7 nitrogen and oxygen atoms in total. The van der Waals surface area contributed by atoms with Gasteiger partial charge in [-0.05, 0) is 23.8 Å². The Hall–Kier alpha value is -0.990. The summed E-state index contributed by atoms with van der Waals surface area (Å²) >= 11 is 0. The van der Waals surface area contributed by atoms with E-state index < -0.39 is 53.4 Å². The third-order valence-corrected chi connectivity index (χ3v) is 8.87. The molecular weight excluding hydrogens is 376 g/mol. The molecule has 1 heterocycles. The molecule has 164 valence electrons. The number of hydrogen-bond acceptors (Lipinski definition) is 7. The minimum atomic E-state index is -1.05. The summed E-state index contributed by atoms with van der Waals surface area (Å²) in [7, 11) is 3.05. The third kappa shape index (κ3) is 2.45. The highest BCUT2D eigenvalue weighted by Gasteiger charge is 2.75. The number of aliphatic hydroxyl groups is 3. The van der Waals surface area contributed by atoms with E-state index in [0.29, 0.717) is 6.42 Å². The molecule has 0 amide bonds. The summed E-state index contributed by atoms with van der Waals surface area (Å²) in [5.74, 6) is -1.22. The van der Waals surface area contributed by atoms with Crippen molar-refractivity contribution in [2.75, 3.05) is 14.2 Å². The number of rotatable bonds is 2. The van der Waals surface area contributed by atoms with Crippen molar-refractivity contribution in [1.29, 1.82) is 0 Å². The first-order chi connectivity index (χ1) is 13.5. The van der Waals surface area contributed by atoms with Gasteiger partial charge < -0.3 is 29.5 Å². The zero-order valence-corrected chi connectivity index (χ0v) is 18.0. The number of ether oxygens (including phenoxy) is 3. The van der Waals surface area contributed by atoms with E-state index >= 15 is 0 Å². The molecular formula is C22H34O7. The predicted octanol–water partition coefficient (Wildman–Crippen LogP) is 1.10. The molecule has 0 unspecified atom stereocenters. The van der Waals surface area contributed by atoms with Crippen molar-refractivity contribution >= 4 is 5.78 Å². The summed E-state index contributed by atoms with van der Waals surface area (Å²) in [5, 5.41) is 33.5. The quantitative estimate of drug-likeness (QED) is 0.626. The highest BCUT2D eigenvalue weighted by atomic mass is 16.6. The Morgan fingerprint density at radius 2 is 1.79 bits per heavy atom. The van der Waals surface area contributed by atoms with Gasteiger partial charge in [-0.3, -0.25) is 4.79 Å². The van der Waals surface area contributed by atoms with E-state index in [1.165, 1.54) is 7.11 Å². The molecule has 12 atom stereocenters. The highest BCUT2D eigenvalue weighted by molar-refractivity contribution is 5.99. The van der Waals surface area contributed by atoms with Crippen LogP contribution in [0.3, 0.4) is 0 Å². The van der Waals surface area contributed by atoms with E-state index in [4.69, 9.17) is 14.2 Å². The number of carbonyl (C=O) groups excluding carboxylic acids is 1. The average Bonchev–Trinajstić information content (AvgIpc) is 2.65. The Bertz CT molecular complexity index is 722. The highest BCUT2D eigenvalue weighted by Crippen LogP contribution is 2.68. The SMILES string of the molecule is COC1=C[C@@H](C)[C@H]2[C@@H](O)[C@H]3O[C@H](O)C[C@H]4[C@@H](C)[C@H](OC)[C@@H](O)[C@@H]([C@@]2(C)C1=O)[C@@]34C. The first-order valence-electron chi connectivity index (χ1n) is 10.6. The summed E-state index contributed by atoms with van der Waals surface area (Å²) in [4.78, 5) is 13.7. The van der Waals surface area contributed by atoms with Gasteiger partial charge >= 0.3 is 0 Å². The maximum absolute atomic E-state index is 13.7. The van der Waals surface area contributed by atoms with E-state index in [1.807, 2.05) is 27.7 Å². The third-order valence-electron chi connectivity index (χ3n) is 8.87. The summed E-state index contributed by atoms with van der Waals surface area (Å²) in [5.41, 5.74) is -1.76. The van der Waals surface area contributed by atoms with Crippen LogP contribution in [0.2, 0.25) is 0 Å². The Labute approximate surface area is 172 Å². The number of methoxy groups -OCH3 is 2. The fourth-order valence-electron chi connectivity index (χ4n) is 7.89. The van der Waals surface area contributed by atoms with Gasteiger partial charge in [-0.2, -0.15) is 0 Å². The van der Waals surface area contributed by atoms with Crippen molar-refractivity contribution in [3.05, 3.63) is 11.8 Å². The minimum absolute atomic E-state index is 0.0711. The van der Waals surface area contributed by atoms with Gasteiger partial charge in [0.25, 0.3) is 0 Å². The van der Waals surface area contributed by atoms with Crippen LogP contribution in [0.4, 0.5) is 0 Å². The van der Waals surface area contributed by atoms with Crippen molar-refractivity contribution in [3.63, 3.8) is 0 Å². The summed E-state index contributed by atoms with van der Waals surface area (Å²) < 4.78 is 17.0. The summed E-state index contributed by atoms with van der Waals surface area (Å²) in [6.45, 7) is 7.80. The summed E-state index contributed by atoms with van der Waals surface area (Å²) in [6.07, 6.45) is -1.88. The second kappa shape index (κ2) is 6.76. The fraction of sp³-hybridized carbons (Fsp3) is 0.864. The van der Waals surface area contributed by atoms with Gasteiger partial charge in [0.05, 0.1) is 31.5 Å². The molecule has 1 saturated heterocycles. The first kappa shape index (κ1) is 21.2. The van der Waals surface area contributed by atoms with E-state index in [2.05, 4.69) is 0 Å². The van der Waals surface area contributed by atoms with E-state index in [0.717, 1.165) is 0 Å². The lowest BCUT2D eigenvalue weighted by molar-refractivity contribution is -0.349. The van der Waals surface area contributed by atoms with Crippen molar-refractivity contribution in [1.82, 2.24) is 0 Å². The van der Waals surface area contributed by atoms with Crippen molar-refractivity contribution in [3.8, 4) is 0 Å². The van der Waals surface area contributed by atoms with Crippen LogP contribution in [0.15, 0.2) is 11.8 Å². The first-order valence-corrected chi connectivity index (χ1v) is 10.6. The van der Waals surface area contributed by atoms with Crippen LogP contribution in [-0.4, -0.2) is 66.0 Å². The molecule has 0 aromatic heterocycles.